The lowest BCUT2D eigenvalue weighted by Crippen LogP contribution is -2.46. The zero-order chi connectivity index (χ0) is 13.0. The van der Waals surface area contributed by atoms with E-state index in [9.17, 15) is 9.59 Å². The van der Waals surface area contributed by atoms with Crippen molar-refractivity contribution in [1.82, 2.24) is 4.90 Å². The van der Waals surface area contributed by atoms with Gasteiger partial charge >= 0.3 is 5.97 Å². The van der Waals surface area contributed by atoms with Crippen molar-refractivity contribution < 1.29 is 14.7 Å². The summed E-state index contributed by atoms with van der Waals surface area (Å²) in [6.07, 6.45) is 0.711. The highest BCUT2D eigenvalue weighted by molar-refractivity contribution is 7.99. The SMILES string of the molecule is CC(C)CC(CN)C(=O)N1CSCC1C(=O)O. The number of hydrogen-bond donors (Lipinski definition) is 2. The summed E-state index contributed by atoms with van der Waals surface area (Å²) in [5, 5.41) is 9.03. The zero-order valence-corrected chi connectivity index (χ0v) is 11.1. The van der Waals surface area contributed by atoms with Crippen LogP contribution in [-0.4, -0.2) is 46.1 Å². The Kier molecular flexibility index (Phi) is 5.27. The van der Waals surface area contributed by atoms with E-state index in [4.69, 9.17) is 10.8 Å². The van der Waals surface area contributed by atoms with Crippen molar-refractivity contribution in [2.75, 3.05) is 18.2 Å². The average molecular weight is 260 g/mol. The van der Waals surface area contributed by atoms with E-state index in [0.29, 0.717) is 24.0 Å². The molecule has 98 valence electrons. The summed E-state index contributed by atoms with van der Waals surface area (Å²) >= 11 is 1.48. The van der Waals surface area contributed by atoms with Gasteiger partial charge in [-0.15, -0.1) is 11.8 Å². The maximum absolute atomic E-state index is 12.2. The molecule has 17 heavy (non-hydrogen) atoms. The first-order valence-corrected chi connectivity index (χ1v) is 6.94. The lowest BCUT2D eigenvalue weighted by Gasteiger charge is -2.26. The minimum atomic E-state index is -0.927. The molecule has 3 N–H and O–H groups in total. The van der Waals surface area contributed by atoms with Gasteiger partial charge < -0.3 is 15.7 Å². The van der Waals surface area contributed by atoms with Crippen molar-refractivity contribution in [3.63, 3.8) is 0 Å². The molecule has 0 radical (unpaired) electrons. The molecule has 1 fully saturated rings. The number of carbonyl (C=O) groups excluding carboxylic acids is 1. The molecule has 1 saturated heterocycles. The monoisotopic (exact) mass is 260 g/mol. The van der Waals surface area contributed by atoms with E-state index in [1.165, 1.54) is 16.7 Å². The van der Waals surface area contributed by atoms with Crippen molar-refractivity contribution >= 4 is 23.6 Å². The van der Waals surface area contributed by atoms with Gasteiger partial charge in [0, 0.05) is 12.3 Å². The molecule has 1 amide bonds. The summed E-state index contributed by atoms with van der Waals surface area (Å²) in [5.41, 5.74) is 5.61. The van der Waals surface area contributed by atoms with Gasteiger partial charge in [0.2, 0.25) is 5.91 Å². The summed E-state index contributed by atoms with van der Waals surface area (Å²) in [5.74, 6) is 0.0219. The second-order valence-electron chi connectivity index (χ2n) is 4.72. The van der Waals surface area contributed by atoms with Gasteiger partial charge in [0.25, 0.3) is 0 Å². The quantitative estimate of drug-likeness (QED) is 0.756. The molecule has 2 atom stereocenters. The van der Waals surface area contributed by atoms with E-state index in [-0.39, 0.29) is 18.4 Å². The molecule has 1 aliphatic rings. The van der Waals surface area contributed by atoms with Crippen molar-refractivity contribution in [2.45, 2.75) is 26.3 Å². The van der Waals surface area contributed by atoms with E-state index in [1.807, 2.05) is 13.8 Å². The topological polar surface area (TPSA) is 83.6 Å². The van der Waals surface area contributed by atoms with E-state index in [1.54, 1.807) is 0 Å². The van der Waals surface area contributed by atoms with Gasteiger partial charge in [-0.3, -0.25) is 4.79 Å². The minimum absolute atomic E-state index is 0.112. The lowest BCUT2D eigenvalue weighted by atomic mass is 9.95. The first kappa shape index (κ1) is 14.3. The van der Waals surface area contributed by atoms with Crippen LogP contribution in [0.5, 0.6) is 0 Å². The number of carbonyl (C=O) groups is 2. The molecular formula is C11H20N2O3S. The smallest absolute Gasteiger partial charge is 0.327 e. The Bertz CT molecular complexity index is 296. The third-order valence-corrected chi connectivity index (χ3v) is 3.85. The fourth-order valence-corrected chi connectivity index (χ4v) is 3.12. The van der Waals surface area contributed by atoms with Crippen LogP contribution in [0.4, 0.5) is 0 Å². The highest BCUT2D eigenvalue weighted by atomic mass is 32.2. The summed E-state index contributed by atoms with van der Waals surface area (Å²) in [7, 11) is 0. The first-order valence-electron chi connectivity index (χ1n) is 5.78. The third kappa shape index (κ3) is 3.61. The Hall–Kier alpha value is -0.750. The number of aliphatic carboxylic acids is 1. The van der Waals surface area contributed by atoms with Gasteiger partial charge in [0.1, 0.15) is 6.04 Å². The first-order chi connectivity index (χ1) is 7.97. The van der Waals surface area contributed by atoms with Crippen molar-refractivity contribution in [2.24, 2.45) is 17.6 Å². The van der Waals surface area contributed by atoms with Crippen LogP contribution in [0, 0.1) is 11.8 Å². The second-order valence-corrected chi connectivity index (χ2v) is 5.72. The molecule has 0 saturated carbocycles. The minimum Gasteiger partial charge on any atom is -0.480 e. The zero-order valence-electron chi connectivity index (χ0n) is 10.3. The number of hydrogen-bond acceptors (Lipinski definition) is 4. The van der Waals surface area contributed by atoms with Crippen molar-refractivity contribution in [1.29, 1.82) is 0 Å². The number of carboxylic acid groups (broad SMARTS) is 1. The van der Waals surface area contributed by atoms with Gasteiger partial charge in [0.05, 0.1) is 11.8 Å². The van der Waals surface area contributed by atoms with Gasteiger partial charge in [0.15, 0.2) is 0 Å². The fraction of sp³-hybridized carbons (Fsp3) is 0.818. The van der Waals surface area contributed by atoms with Gasteiger partial charge in [-0.05, 0) is 12.3 Å². The summed E-state index contributed by atoms with van der Waals surface area (Å²) in [4.78, 5) is 24.7. The molecule has 5 nitrogen and oxygen atoms in total. The highest BCUT2D eigenvalue weighted by Crippen LogP contribution is 2.24. The Morgan fingerprint density at radius 3 is 2.65 bits per heavy atom. The van der Waals surface area contributed by atoms with Crippen molar-refractivity contribution in [3.8, 4) is 0 Å². The van der Waals surface area contributed by atoms with E-state index >= 15 is 0 Å². The summed E-state index contributed by atoms with van der Waals surface area (Å²) < 4.78 is 0. The molecule has 0 aromatic carbocycles. The van der Waals surface area contributed by atoms with Crippen LogP contribution >= 0.6 is 11.8 Å². The van der Waals surface area contributed by atoms with Crippen LogP contribution in [-0.2, 0) is 9.59 Å². The van der Waals surface area contributed by atoms with Gasteiger partial charge in [-0.25, -0.2) is 4.79 Å². The lowest BCUT2D eigenvalue weighted by molar-refractivity contribution is -0.149. The number of thioether (sulfide) groups is 1. The van der Waals surface area contributed by atoms with Crippen LogP contribution in [0.15, 0.2) is 0 Å². The normalized spacial score (nSPS) is 21.9. The maximum atomic E-state index is 12.2. The maximum Gasteiger partial charge on any atom is 0.327 e. The van der Waals surface area contributed by atoms with Crippen LogP contribution in [0.1, 0.15) is 20.3 Å². The highest BCUT2D eigenvalue weighted by Gasteiger charge is 2.37. The Balaban J connectivity index is 2.69. The molecule has 6 heteroatoms. The molecule has 0 aliphatic carbocycles. The molecule has 1 heterocycles. The van der Waals surface area contributed by atoms with E-state index < -0.39 is 12.0 Å². The number of nitrogens with zero attached hydrogens (tertiary/aromatic N) is 1. The Labute approximate surface area is 106 Å². The Morgan fingerprint density at radius 1 is 1.53 bits per heavy atom. The molecule has 2 unspecified atom stereocenters. The number of nitrogens with two attached hydrogens (primary N) is 1. The van der Waals surface area contributed by atoms with E-state index in [2.05, 4.69) is 0 Å². The van der Waals surface area contributed by atoms with Crippen molar-refractivity contribution in [3.05, 3.63) is 0 Å². The van der Waals surface area contributed by atoms with Gasteiger partial charge in [-0.2, -0.15) is 0 Å². The van der Waals surface area contributed by atoms with E-state index in [0.717, 1.165) is 0 Å². The fourth-order valence-electron chi connectivity index (χ4n) is 1.97. The molecule has 1 aliphatic heterocycles. The molecular weight excluding hydrogens is 240 g/mol. The number of amides is 1. The third-order valence-electron chi connectivity index (χ3n) is 2.84. The van der Waals surface area contributed by atoms with Crippen LogP contribution in [0.2, 0.25) is 0 Å². The standard InChI is InChI=1S/C11H20N2O3S/c1-7(2)3-8(4-12)10(14)13-6-17-5-9(13)11(15)16/h7-9H,3-6,12H2,1-2H3,(H,15,16). The van der Waals surface area contributed by atoms with Gasteiger partial charge in [-0.1, -0.05) is 13.8 Å². The van der Waals surface area contributed by atoms with Crippen LogP contribution in [0.3, 0.4) is 0 Å². The van der Waals surface area contributed by atoms with Crippen LogP contribution < -0.4 is 5.73 Å². The summed E-state index contributed by atoms with van der Waals surface area (Å²) in [6, 6.07) is -0.686. The molecule has 0 bridgehead atoms. The second kappa shape index (κ2) is 6.26. The largest absolute Gasteiger partial charge is 0.480 e. The molecule has 1 rings (SSSR count). The number of rotatable bonds is 5. The van der Waals surface area contributed by atoms with Crippen LogP contribution in [0.25, 0.3) is 0 Å². The Morgan fingerprint density at radius 2 is 2.18 bits per heavy atom. The summed E-state index contributed by atoms with van der Waals surface area (Å²) in [6.45, 7) is 4.34. The predicted octanol–water partition coefficient (Wildman–Crippen LogP) is 0.593. The molecule has 0 aromatic rings. The predicted molar refractivity (Wildman–Crippen MR) is 67.6 cm³/mol. The number of carboxylic acids is 1. The average Bonchev–Trinajstić information content (AvgIpc) is 2.73. The molecule has 0 spiro atoms. The molecule has 0 aromatic heterocycles.